The topological polar surface area (TPSA) is 71.1 Å². The molecule has 2 amide bonds. The summed E-state index contributed by atoms with van der Waals surface area (Å²) in [5.74, 6) is 1.29. The number of likely N-dealkylation sites (tertiary alicyclic amines) is 1. The smallest absolute Gasteiger partial charge is 0.254 e. The number of nitrogens with zero attached hydrogens (tertiary/aromatic N) is 2. The lowest BCUT2D eigenvalue weighted by Gasteiger charge is -2.45. The highest BCUT2D eigenvalue weighted by Gasteiger charge is 2.46. The van der Waals surface area contributed by atoms with E-state index in [1.54, 1.807) is 0 Å². The van der Waals surface area contributed by atoms with Gasteiger partial charge in [-0.05, 0) is 99.5 Å². The zero-order valence-corrected chi connectivity index (χ0v) is 25.6. The molecule has 7 nitrogen and oxygen atoms in total. The van der Waals surface area contributed by atoms with Crippen molar-refractivity contribution in [3.8, 4) is 11.5 Å². The van der Waals surface area contributed by atoms with Gasteiger partial charge in [-0.1, -0.05) is 48.0 Å². The van der Waals surface area contributed by atoms with Gasteiger partial charge in [0.05, 0.1) is 25.2 Å². The molecule has 0 aromatic heterocycles. The molecule has 0 aliphatic carbocycles. The van der Waals surface area contributed by atoms with E-state index in [0.29, 0.717) is 55.7 Å². The quantitative estimate of drug-likeness (QED) is 0.353. The van der Waals surface area contributed by atoms with Gasteiger partial charge >= 0.3 is 0 Å². The summed E-state index contributed by atoms with van der Waals surface area (Å²) in [5.41, 5.74) is 6.17. The number of carbonyl (C=O) groups excluding carboxylic acids is 2. The van der Waals surface area contributed by atoms with E-state index in [1.807, 2.05) is 55.1 Å². The van der Waals surface area contributed by atoms with E-state index in [9.17, 15) is 9.59 Å². The highest BCUT2D eigenvalue weighted by Crippen LogP contribution is 2.48. The van der Waals surface area contributed by atoms with Gasteiger partial charge in [-0.15, -0.1) is 0 Å². The van der Waals surface area contributed by atoms with E-state index >= 15 is 0 Å². The fraction of sp³-hybridized carbons (Fsp3) is 0.444. The standard InChI is InChI=1S/C36H43N3O4/c1-4-42-31-20-27-15-18-39-34(30(27)21-32(31)43-5-2)33(28-11-6-7-12-29(28)36(39)41)35(40)37-22-25-13-16-38(17-14-25)23-26-10-8-9-24(3)19-26/h6-12,19-21,25,33-34H,4-5,13-18,22-23H2,1-3H3,(H,37,40)/t33-,34+/m1/s1. The molecule has 6 rings (SSSR count). The molecule has 1 fully saturated rings. The summed E-state index contributed by atoms with van der Waals surface area (Å²) < 4.78 is 11.9. The van der Waals surface area contributed by atoms with Crippen LogP contribution >= 0.6 is 0 Å². The maximum absolute atomic E-state index is 14.2. The van der Waals surface area contributed by atoms with Gasteiger partial charge in [0, 0.05) is 25.2 Å². The van der Waals surface area contributed by atoms with Crippen LogP contribution in [0.25, 0.3) is 0 Å². The number of amides is 2. The van der Waals surface area contributed by atoms with E-state index < -0.39 is 12.0 Å². The fourth-order valence-electron chi connectivity index (χ4n) is 7.13. The number of nitrogens with one attached hydrogen (secondary N) is 1. The molecule has 0 saturated carbocycles. The SMILES string of the molecule is CCOc1cc2c(cc1OCC)[C@H]1[C@H](C(=O)NCC3CCN(Cc4cccc(C)c4)CC3)c3ccccc3C(=O)N1CC2. The predicted octanol–water partition coefficient (Wildman–Crippen LogP) is 5.66. The Morgan fingerprint density at radius 3 is 2.40 bits per heavy atom. The molecule has 43 heavy (non-hydrogen) atoms. The third-order valence-corrected chi connectivity index (χ3v) is 9.23. The second-order valence-electron chi connectivity index (χ2n) is 12.1. The minimum Gasteiger partial charge on any atom is -0.490 e. The molecule has 226 valence electrons. The normalized spacial score (nSPS) is 20.2. The molecule has 3 aromatic carbocycles. The number of rotatable bonds is 9. The van der Waals surface area contributed by atoms with E-state index in [2.05, 4.69) is 41.4 Å². The number of benzene rings is 3. The molecule has 0 unspecified atom stereocenters. The first kappa shape index (κ1) is 29.2. The molecular weight excluding hydrogens is 538 g/mol. The van der Waals surface area contributed by atoms with E-state index in [4.69, 9.17) is 9.47 Å². The highest BCUT2D eigenvalue weighted by molar-refractivity contribution is 6.01. The van der Waals surface area contributed by atoms with Crippen LogP contribution in [0.5, 0.6) is 11.5 Å². The Hall–Kier alpha value is -3.84. The zero-order chi connectivity index (χ0) is 29.9. The Labute approximate surface area is 255 Å². The van der Waals surface area contributed by atoms with Crippen LogP contribution in [0.3, 0.4) is 0 Å². The molecule has 0 spiro atoms. The van der Waals surface area contributed by atoms with Crippen molar-refractivity contribution in [2.24, 2.45) is 5.92 Å². The lowest BCUT2D eigenvalue weighted by Crippen LogP contribution is -2.50. The predicted molar refractivity (Wildman–Crippen MR) is 168 cm³/mol. The molecule has 0 radical (unpaired) electrons. The van der Waals surface area contributed by atoms with Crippen LogP contribution in [0.15, 0.2) is 60.7 Å². The van der Waals surface area contributed by atoms with E-state index in [-0.39, 0.29) is 11.8 Å². The summed E-state index contributed by atoms with van der Waals surface area (Å²) >= 11 is 0. The van der Waals surface area contributed by atoms with Crippen molar-refractivity contribution in [3.63, 3.8) is 0 Å². The Bertz CT molecular complexity index is 1480. The van der Waals surface area contributed by atoms with Gasteiger partial charge in [0.1, 0.15) is 0 Å². The first-order valence-electron chi connectivity index (χ1n) is 15.8. The van der Waals surface area contributed by atoms with Crippen molar-refractivity contribution < 1.29 is 19.1 Å². The first-order valence-corrected chi connectivity index (χ1v) is 15.8. The zero-order valence-electron chi connectivity index (χ0n) is 25.6. The van der Waals surface area contributed by atoms with Crippen molar-refractivity contribution in [1.29, 1.82) is 0 Å². The van der Waals surface area contributed by atoms with Gasteiger partial charge in [0.15, 0.2) is 11.5 Å². The number of hydrogen-bond acceptors (Lipinski definition) is 5. The van der Waals surface area contributed by atoms with Crippen LogP contribution in [0.4, 0.5) is 0 Å². The number of carbonyl (C=O) groups is 2. The van der Waals surface area contributed by atoms with Crippen LogP contribution in [-0.4, -0.2) is 61.0 Å². The van der Waals surface area contributed by atoms with Crippen molar-refractivity contribution in [1.82, 2.24) is 15.1 Å². The van der Waals surface area contributed by atoms with Crippen LogP contribution in [-0.2, 0) is 17.8 Å². The lowest BCUT2D eigenvalue weighted by molar-refractivity contribution is -0.124. The Kier molecular flexibility index (Phi) is 8.70. The number of piperidine rings is 1. The lowest BCUT2D eigenvalue weighted by atomic mass is 9.75. The number of fused-ring (bicyclic) bond motifs is 4. The van der Waals surface area contributed by atoms with Gasteiger partial charge in [-0.3, -0.25) is 14.5 Å². The van der Waals surface area contributed by atoms with Gasteiger partial charge < -0.3 is 19.7 Å². The van der Waals surface area contributed by atoms with Crippen molar-refractivity contribution in [2.45, 2.75) is 58.5 Å². The Morgan fingerprint density at radius 2 is 1.65 bits per heavy atom. The highest BCUT2D eigenvalue weighted by atomic mass is 16.5. The molecule has 2 atom stereocenters. The van der Waals surface area contributed by atoms with Crippen molar-refractivity contribution in [3.05, 3.63) is 94.0 Å². The number of aryl methyl sites for hydroxylation is 1. The first-order chi connectivity index (χ1) is 21.0. The third kappa shape index (κ3) is 6.00. The second-order valence-corrected chi connectivity index (χ2v) is 12.1. The van der Waals surface area contributed by atoms with Gasteiger partial charge in [-0.25, -0.2) is 0 Å². The van der Waals surface area contributed by atoms with Crippen LogP contribution in [0.2, 0.25) is 0 Å². The summed E-state index contributed by atoms with van der Waals surface area (Å²) in [5, 5.41) is 3.33. The molecule has 1 saturated heterocycles. The molecule has 3 aliphatic heterocycles. The molecule has 3 aromatic rings. The average molecular weight is 582 g/mol. The minimum atomic E-state index is -0.498. The Balaban J connectivity index is 1.21. The van der Waals surface area contributed by atoms with Crippen molar-refractivity contribution >= 4 is 11.8 Å². The summed E-state index contributed by atoms with van der Waals surface area (Å²) in [4.78, 5) is 32.3. The van der Waals surface area contributed by atoms with Gasteiger partial charge in [0.25, 0.3) is 5.91 Å². The second kappa shape index (κ2) is 12.8. The largest absolute Gasteiger partial charge is 0.490 e. The monoisotopic (exact) mass is 581 g/mol. The summed E-state index contributed by atoms with van der Waals surface area (Å²) in [6.07, 6.45) is 2.83. The van der Waals surface area contributed by atoms with Gasteiger partial charge in [0.2, 0.25) is 5.91 Å². The third-order valence-electron chi connectivity index (χ3n) is 9.23. The molecular formula is C36H43N3O4. The Morgan fingerprint density at radius 1 is 0.907 bits per heavy atom. The number of ether oxygens (including phenoxy) is 2. The fourth-order valence-corrected chi connectivity index (χ4v) is 7.13. The van der Waals surface area contributed by atoms with Crippen LogP contribution < -0.4 is 14.8 Å². The molecule has 7 heteroatoms. The molecule has 0 bridgehead atoms. The van der Waals surface area contributed by atoms with Crippen molar-refractivity contribution in [2.75, 3.05) is 39.4 Å². The average Bonchev–Trinajstić information content (AvgIpc) is 3.01. The van der Waals surface area contributed by atoms with Gasteiger partial charge in [-0.2, -0.15) is 0 Å². The number of hydrogen-bond donors (Lipinski definition) is 1. The summed E-state index contributed by atoms with van der Waals surface area (Å²) in [6.45, 7) is 11.3. The summed E-state index contributed by atoms with van der Waals surface area (Å²) in [6, 6.07) is 20.0. The maximum atomic E-state index is 14.2. The molecule has 1 N–H and O–H groups in total. The van der Waals surface area contributed by atoms with E-state index in [1.165, 1.54) is 11.1 Å². The molecule has 3 aliphatic rings. The van der Waals surface area contributed by atoms with Crippen LogP contribution in [0, 0.1) is 12.8 Å². The maximum Gasteiger partial charge on any atom is 0.254 e. The van der Waals surface area contributed by atoms with E-state index in [0.717, 1.165) is 49.2 Å². The van der Waals surface area contributed by atoms with Crippen LogP contribution in [0.1, 0.15) is 76.8 Å². The molecule has 3 heterocycles. The minimum absolute atomic E-state index is 0.0110. The summed E-state index contributed by atoms with van der Waals surface area (Å²) in [7, 11) is 0.